The molecule has 0 amide bonds. The number of ether oxygens (including phenoxy) is 1. The van der Waals surface area contributed by atoms with Crippen molar-refractivity contribution in [2.75, 3.05) is 12.4 Å². The van der Waals surface area contributed by atoms with Crippen LogP contribution in [0.25, 0.3) is 0 Å². The zero-order valence-electron chi connectivity index (χ0n) is 4.81. The van der Waals surface area contributed by atoms with Crippen LogP contribution in [0.15, 0.2) is 0 Å². The highest BCUT2D eigenvalue weighted by Crippen LogP contribution is 2.14. The summed E-state index contributed by atoms with van der Waals surface area (Å²) < 4.78 is 37.5. The molecule has 0 saturated heterocycles. The summed E-state index contributed by atoms with van der Waals surface area (Å²) in [5.74, 6) is -1.31. The fraction of sp³-hybridized carbons (Fsp3) is 0.750. The number of carbonyl (C=O) groups excluding carboxylic acids is 1. The topological polar surface area (TPSA) is 26.3 Å². The van der Waals surface area contributed by atoms with Gasteiger partial charge in [-0.25, -0.2) is 0 Å². The normalized spacial score (nSPS) is 11.2. The van der Waals surface area contributed by atoms with E-state index in [1.54, 1.807) is 0 Å². The second kappa shape index (κ2) is 3.70. The lowest BCUT2D eigenvalue weighted by Gasteiger charge is -2.05. The van der Waals surface area contributed by atoms with Gasteiger partial charge in [0.2, 0.25) is 0 Å². The molecule has 0 aliphatic carbocycles. The van der Waals surface area contributed by atoms with Gasteiger partial charge in [0.05, 0.1) is 5.75 Å². The zero-order chi connectivity index (χ0) is 8.20. The molecule has 0 aromatic heterocycles. The van der Waals surface area contributed by atoms with Crippen molar-refractivity contribution in [3.63, 3.8) is 0 Å². The number of hydrogen-bond acceptors (Lipinski definition) is 3. The quantitative estimate of drug-likeness (QED) is 0.499. The standard InChI is InChI=1S/C4H5F3O2S/c5-4(6,7)2-9-3(8)1-10/h10H,1-2H2. The third kappa shape index (κ3) is 5.74. The smallest absolute Gasteiger partial charge is 0.422 e. The van der Waals surface area contributed by atoms with Gasteiger partial charge in [0, 0.05) is 0 Å². The predicted octanol–water partition coefficient (Wildman–Crippen LogP) is 1.02. The van der Waals surface area contributed by atoms with Gasteiger partial charge in [0.25, 0.3) is 0 Å². The molecule has 0 radical (unpaired) electrons. The lowest BCUT2D eigenvalue weighted by atomic mass is 10.7. The molecule has 0 saturated carbocycles. The fourth-order valence-corrected chi connectivity index (χ4v) is 0.299. The number of alkyl halides is 3. The molecule has 0 aliphatic rings. The van der Waals surface area contributed by atoms with Crippen molar-refractivity contribution in [3.8, 4) is 0 Å². The molecule has 2 nitrogen and oxygen atoms in total. The summed E-state index contributed by atoms with van der Waals surface area (Å²) in [6.07, 6.45) is -4.45. The second-order valence-corrected chi connectivity index (χ2v) is 1.75. The molecule has 0 unspecified atom stereocenters. The van der Waals surface area contributed by atoms with E-state index in [1.807, 2.05) is 0 Å². The Morgan fingerprint density at radius 1 is 1.50 bits per heavy atom. The Morgan fingerprint density at radius 3 is 2.30 bits per heavy atom. The summed E-state index contributed by atoms with van der Waals surface area (Å²) in [6, 6.07) is 0. The molecule has 0 aromatic rings. The SMILES string of the molecule is O=C(CS)OCC(F)(F)F. The van der Waals surface area contributed by atoms with Crippen LogP contribution < -0.4 is 0 Å². The minimum Gasteiger partial charge on any atom is -0.455 e. The minimum atomic E-state index is -4.45. The van der Waals surface area contributed by atoms with Crippen LogP contribution in [0.4, 0.5) is 13.2 Å². The summed E-state index contributed by atoms with van der Waals surface area (Å²) in [5, 5.41) is 0. The van der Waals surface area contributed by atoms with Crippen molar-refractivity contribution < 1.29 is 22.7 Å². The largest absolute Gasteiger partial charge is 0.455 e. The highest BCUT2D eigenvalue weighted by atomic mass is 32.1. The molecular weight excluding hydrogens is 169 g/mol. The monoisotopic (exact) mass is 174 g/mol. The molecule has 0 rings (SSSR count). The van der Waals surface area contributed by atoms with Crippen molar-refractivity contribution >= 4 is 18.6 Å². The fourth-order valence-electron chi connectivity index (χ4n) is 0.208. The van der Waals surface area contributed by atoms with Crippen LogP contribution in [0.2, 0.25) is 0 Å². The number of hydrogen-bond donors (Lipinski definition) is 1. The highest BCUT2D eigenvalue weighted by molar-refractivity contribution is 7.81. The van der Waals surface area contributed by atoms with Crippen molar-refractivity contribution in [3.05, 3.63) is 0 Å². The lowest BCUT2D eigenvalue weighted by Crippen LogP contribution is -2.20. The summed E-state index contributed by atoms with van der Waals surface area (Å²) in [6.45, 7) is -1.54. The molecule has 0 bridgehead atoms. The van der Waals surface area contributed by atoms with Gasteiger partial charge in [-0.05, 0) is 0 Å². The molecule has 0 heterocycles. The van der Waals surface area contributed by atoms with E-state index < -0.39 is 18.8 Å². The maximum atomic E-state index is 11.3. The third-order valence-electron chi connectivity index (χ3n) is 0.526. The average Bonchev–Trinajstić information content (AvgIpc) is 1.81. The van der Waals surface area contributed by atoms with E-state index in [-0.39, 0.29) is 5.75 Å². The molecule has 0 N–H and O–H groups in total. The van der Waals surface area contributed by atoms with Crippen molar-refractivity contribution in [2.24, 2.45) is 0 Å². The summed E-state index contributed by atoms with van der Waals surface area (Å²) in [4.78, 5) is 10.1. The van der Waals surface area contributed by atoms with Crippen molar-refractivity contribution in [2.45, 2.75) is 6.18 Å². The average molecular weight is 174 g/mol. The first kappa shape index (κ1) is 9.61. The van der Waals surface area contributed by atoms with E-state index in [0.29, 0.717) is 0 Å². The van der Waals surface area contributed by atoms with E-state index >= 15 is 0 Å². The Labute approximate surface area is 60.8 Å². The van der Waals surface area contributed by atoms with Crippen LogP contribution in [0.5, 0.6) is 0 Å². The molecule has 0 spiro atoms. The molecule has 0 aromatic carbocycles. The van der Waals surface area contributed by atoms with Gasteiger partial charge in [0.15, 0.2) is 6.61 Å². The van der Waals surface area contributed by atoms with Crippen LogP contribution in [0.3, 0.4) is 0 Å². The molecule has 0 aliphatic heterocycles. The van der Waals surface area contributed by atoms with E-state index in [2.05, 4.69) is 17.4 Å². The minimum absolute atomic E-state index is 0.337. The Hall–Kier alpha value is -0.390. The Kier molecular flexibility index (Phi) is 3.55. The van der Waals surface area contributed by atoms with E-state index in [9.17, 15) is 18.0 Å². The number of esters is 1. The zero-order valence-corrected chi connectivity index (χ0v) is 5.71. The Bertz CT molecular complexity index is 122. The van der Waals surface area contributed by atoms with Gasteiger partial charge in [-0.15, -0.1) is 0 Å². The Balaban J connectivity index is 3.46. The van der Waals surface area contributed by atoms with Crippen LogP contribution in [-0.2, 0) is 9.53 Å². The van der Waals surface area contributed by atoms with Gasteiger partial charge in [-0.1, -0.05) is 0 Å². The number of rotatable bonds is 2. The van der Waals surface area contributed by atoms with Crippen LogP contribution in [0, 0.1) is 0 Å². The first-order valence-corrected chi connectivity index (χ1v) is 2.92. The van der Waals surface area contributed by atoms with Gasteiger partial charge in [0.1, 0.15) is 0 Å². The molecule has 60 valence electrons. The second-order valence-electron chi connectivity index (χ2n) is 1.43. The van der Waals surface area contributed by atoms with E-state index in [1.165, 1.54) is 0 Å². The molecule has 10 heavy (non-hydrogen) atoms. The van der Waals surface area contributed by atoms with Crippen molar-refractivity contribution in [1.82, 2.24) is 0 Å². The van der Waals surface area contributed by atoms with Crippen LogP contribution >= 0.6 is 12.6 Å². The summed E-state index contributed by atoms with van der Waals surface area (Å²) >= 11 is 3.40. The van der Waals surface area contributed by atoms with Crippen molar-refractivity contribution in [1.29, 1.82) is 0 Å². The summed E-state index contributed by atoms with van der Waals surface area (Å²) in [7, 11) is 0. The molecule has 0 fully saturated rings. The summed E-state index contributed by atoms with van der Waals surface area (Å²) in [5.41, 5.74) is 0. The maximum Gasteiger partial charge on any atom is 0.422 e. The van der Waals surface area contributed by atoms with E-state index in [0.717, 1.165) is 0 Å². The van der Waals surface area contributed by atoms with Crippen LogP contribution in [-0.4, -0.2) is 24.5 Å². The number of halogens is 3. The maximum absolute atomic E-state index is 11.3. The van der Waals surface area contributed by atoms with Gasteiger partial charge < -0.3 is 4.74 Å². The first-order chi connectivity index (χ1) is 4.45. The lowest BCUT2D eigenvalue weighted by molar-refractivity contribution is -0.184. The first-order valence-electron chi connectivity index (χ1n) is 2.29. The van der Waals surface area contributed by atoms with Gasteiger partial charge in [-0.2, -0.15) is 25.8 Å². The number of thiol groups is 1. The van der Waals surface area contributed by atoms with Gasteiger partial charge >= 0.3 is 12.1 Å². The van der Waals surface area contributed by atoms with Gasteiger partial charge in [-0.3, -0.25) is 4.79 Å². The predicted molar refractivity (Wildman–Crippen MR) is 30.9 cm³/mol. The molecule has 0 atom stereocenters. The number of carbonyl (C=O) groups is 1. The third-order valence-corrected chi connectivity index (χ3v) is 0.784. The van der Waals surface area contributed by atoms with E-state index in [4.69, 9.17) is 0 Å². The molecule has 6 heteroatoms. The highest BCUT2D eigenvalue weighted by Gasteiger charge is 2.29. The Morgan fingerprint density at radius 2 is 2.00 bits per heavy atom. The molecular formula is C4H5F3O2S. The van der Waals surface area contributed by atoms with Crippen LogP contribution in [0.1, 0.15) is 0 Å².